The molecule has 1 unspecified atom stereocenters. The minimum Gasteiger partial charge on any atom is -0.348 e. The Kier molecular flexibility index (Phi) is 3.83. The van der Waals surface area contributed by atoms with Crippen LogP contribution in [-0.4, -0.2) is 36.0 Å². The lowest BCUT2D eigenvalue weighted by Gasteiger charge is -2.16. The molecule has 1 aliphatic carbocycles. The van der Waals surface area contributed by atoms with Crippen LogP contribution in [0.1, 0.15) is 29.6 Å². The number of likely N-dealkylation sites (tertiary alicyclic amines) is 1. The Labute approximate surface area is 126 Å². The molecule has 3 rings (SSSR count). The van der Waals surface area contributed by atoms with Gasteiger partial charge >= 0.3 is 0 Å². The maximum atomic E-state index is 12.2. The summed E-state index contributed by atoms with van der Waals surface area (Å²) < 4.78 is 0.745. The van der Waals surface area contributed by atoms with Crippen molar-refractivity contribution in [3.63, 3.8) is 0 Å². The van der Waals surface area contributed by atoms with E-state index < -0.39 is 0 Å². The Hall–Kier alpha value is -0.580. The van der Waals surface area contributed by atoms with Crippen LogP contribution in [0, 0.1) is 0 Å². The van der Waals surface area contributed by atoms with E-state index in [0.29, 0.717) is 10.6 Å². The molecule has 0 bridgehead atoms. The first-order chi connectivity index (χ1) is 9.13. The van der Waals surface area contributed by atoms with E-state index in [1.165, 1.54) is 12.8 Å². The van der Waals surface area contributed by atoms with Gasteiger partial charge in [-0.3, -0.25) is 9.69 Å². The van der Waals surface area contributed by atoms with Crippen molar-refractivity contribution < 1.29 is 4.79 Å². The van der Waals surface area contributed by atoms with Gasteiger partial charge in [0.15, 0.2) is 0 Å². The standard InChI is InChI=1S/C14H16BrClN2O/c15-13-7-9(16)1-4-12(13)14(19)17-10-5-6-18(8-10)11-2-3-11/h1,4,7,10-11H,2-3,5-6,8H2,(H,17,19). The van der Waals surface area contributed by atoms with E-state index in [1.807, 2.05) is 0 Å². The lowest BCUT2D eigenvalue weighted by atomic mass is 10.2. The number of nitrogens with zero attached hydrogens (tertiary/aromatic N) is 1. The SMILES string of the molecule is O=C(NC1CCN(C2CC2)C1)c1ccc(Cl)cc1Br. The fourth-order valence-electron chi connectivity index (χ4n) is 2.61. The maximum Gasteiger partial charge on any atom is 0.252 e. The van der Waals surface area contributed by atoms with E-state index in [-0.39, 0.29) is 11.9 Å². The van der Waals surface area contributed by atoms with E-state index in [4.69, 9.17) is 11.6 Å². The Morgan fingerprint density at radius 2 is 2.16 bits per heavy atom. The molecule has 1 aliphatic heterocycles. The summed E-state index contributed by atoms with van der Waals surface area (Å²) in [6.07, 6.45) is 3.69. The van der Waals surface area contributed by atoms with Crippen molar-refractivity contribution >= 4 is 33.4 Å². The summed E-state index contributed by atoms with van der Waals surface area (Å²) in [5.74, 6) is -0.0220. The molecule has 2 fully saturated rings. The van der Waals surface area contributed by atoms with E-state index in [9.17, 15) is 4.79 Å². The van der Waals surface area contributed by atoms with Crippen LogP contribution in [0.2, 0.25) is 5.02 Å². The van der Waals surface area contributed by atoms with Gasteiger partial charge in [-0.2, -0.15) is 0 Å². The molecule has 1 amide bonds. The Bertz CT molecular complexity index is 504. The number of benzene rings is 1. The molecule has 1 saturated heterocycles. The molecule has 19 heavy (non-hydrogen) atoms. The van der Waals surface area contributed by atoms with Crippen LogP contribution < -0.4 is 5.32 Å². The zero-order valence-electron chi connectivity index (χ0n) is 10.5. The van der Waals surface area contributed by atoms with Gasteiger partial charge in [0.1, 0.15) is 0 Å². The average Bonchev–Trinajstić information content (AvgIpc) is 3.10. The van der Waals surface area contributed by atoms with Crippen molar-refractivity contribution in [3.8, 4) is 0 Å². The summed E-state index contributed by atoms with van der Waals surface area (Å²) in [7, 11) is 0. The third-order valence-corrected chi connectivity index (χ3v) is 4.69. The second-order valence-corrected chi connectivity index (χ2v) is 6.60. The van der Waals surface area contributed by atoms with Crippen molar-refractivity contribution in [1.29, 1.82) is 0 Å². The van der Waals surface area contributed by atoms with Gasteiger partial charge in [-0.15, -0.1) is 0 Å². The normalized spacial score (nSPS) is 23.6. The molecule has 2 aliphatic rings. The number of carbonyl (C=O) groups is 1. The third kappa shape index (κ3) is 3.12. The van der Waals surface area contributed by atoms with Crippen molar-refractivity contribution in [1.82, 2.24) is 10.2 Å². The molecule has 1 atom stereocenters. The summed E-state index contributed by atoms with van der Waals surface area (Å²) in [6, 6.07) is 6.31. The van der Waals surface area contributed by atoms with Crippen molar-refractivity contribution in [2.75, 3.05) is 13.1 Å². The molecule has 102 valence electrons. The smallest absolute Gasteiger partial charge is 0.252 e. The molecule has 1 N–H and O–H groups in total. The zero-order valence-corrected chi connectivity index (χ0v) is 12.9. The van der Waals surface area contributed by atoms with Crippen molar-refractivity contribution in [2.45, 2.75) is 31.3 Å². The summed E-state index contributed by atoms with van der Waals surface area (Å²) in [4.78, 5) is 14.7. The molecule has 1 aromatic rings. The lowest BCUT2D eigenvalue weighted by Crippen LogP contribution is -2.37. The number of halogens is 2. The molecule has 5 heteroatoms. The first-order valence-electron chi connectivity index (χ1n) is 6.63. The Morgan fingerprint density at radius 1 is 1.37 bits per heavy atom. The summed E-state index contributed by atoms with van der Waals surface area (Å²) >= 11 is 9.27. The largest absolute Gasteiger partial charge is 0.348 e. The highest BCUT2D eigenvalue weighted by atomic mass is 79.9. The molecular formula is C14H16BrClN2O. The molecule has 3 nitrogen and oxygen atoms in total. The van der Waals surface area contributed by atoms with Crippen molar-refractivity contribution in [3.05, 3.63) is 33.3 Å². The second kappa shape index (κ2) is 5.43. The molecule has 1 aromatic carbocycles. The van der Waals surface area contributed by atoms with Gasteiger partial charge in [-0.05, 0) is 53.4 Å². The molecule has 1 heterocycles. The van der Waals surface area contributed by atoms with Gasteiger partial charge in [0, 0.05) is 34.7 Å². The fourth-order valence-corrected chi connectivity index (χ4v) is 3.48. The highest BCUT2D eigenvalue weighted by Gasteiger charge is 2.34. The van der Waals surface area contributed by atoms with Gasteiger partial charge < -0.3 is 5.32 Å². The quantitative estimate of drug-likeness (QED) is 0.915. The predicted molar refractivity (Wildman–Crippen MR) is 79.6 cm³/mol. The van der Waals surface area contributed by atoms with Crippen LogP contribution >= 0.6 is 27.5 Å². The van der Waals surface area contributed by atoms with E-state index in [0.717, 1.165) is 30.0 Å². The number of rotatable bonds is 3. The first kappa shape index (κ1) is 13.4. The van der Waals surface area contributed by atoms with E-state index in [2.05, 4.69) is 26.1 Å². The highest BCUT2D eigenvalue weighted by Crippen LogP contribution is 2.30. The van der Waals surface area contributed by atoms with Crippen LogP contribution in [-0.2, 0) is 0 Å². The molecule has 0 radical (unpaired) electrons. The van der Waals surface area contributed by atoms with Gasteiger partial charge in [0.05, 0.1) is 5.56 Å². The molecule has 0 aromatic heterocycles. The fraction of sp³-hybridized carbons (Fsp3) is 0.500. The van der Waals surface area contributed by atoms with Crippen LogP contribution in [0.25, 0.3) is 0 Å². The number of nitrogens with one attached hydrogen (secondary N) is 1. The van der Waals surface area contributed by atoms with E-state index >= 15 is 0 Å². The van der Waals surface area contributed by atoms with Crippen LogP contribution in [0.3, 0.4) is 0 Å². The Morgan fingerprint density at radius 3 is 2.84 bits per heavy atom. The van der Waals surface area contributed by atoms with Gasteiger partial charge in [0.2, 0.25) is 0 Å². The topological polar surface area (TPSA) is 32.3 Å². The predicted octanol–water partition coefficient (Wildman–Crippen LogP) is 3.07. The van der Waals surface area contributed by atoms with E-state index in [1.54, 1.807) is 18.2 Å². The summed E-state index contributed by atoms with van der Waals surface area (Å²) in [6.45, 7) is 2.10. The third-order valence-electron chi connectivity index (χ3n) is 3.79. The number of hydrogen-bond donors (Lipinski definition) is 1. The molecular weight excluding hydrogens is 328 g/mol. The summed E-state index contributed by atoms with van der Waals surface area (Å²) in [5.41, 5.74) is 0.647. The van der Waals surface area contributed by atoms with Crippen LogP contribution in [0.15, 0.2) is 22.7 Å². The number of hydrogen-bond acceptors (Lipinski definition) is 2. The maximum absolute atomic E-state index is 12.2. The minimum absolute atomic E-state index is 0.0220. The second-order valence-electron chi connectivity index (χ2n) is 5.31. The molecule has 1 saturated carbocycles. The molecule has 0 spiro atoms. The first-order valence-corrected chi connectivity index (χ1v) is 7.80. The minimum atomic E-state index is -0.0220. The van der Waals surface area contributed by atoms with Crippen LogP contribution in [0.5, 0.6) is 0 Å². The average molecular weight is 344 g/mol. The Balaban J connectivity index is 1.61. The number of carbonyl (C=O) groups excluding carboxylic acids is 1. The monoisotopic (exact) mass is 342 g/mol. The van der Waals surface area contributed by atoms with Gasteiger partial charge in [-0.1, -0.05) is 11.6 Å². The lowest BCUT2D eigenvalue weighted by molar-refractivity contribution is 0.0937. The van der Waals surface area contributed by atoms with Crippen molar-refractivity contribution in [2.24, 2.45) is 0 Å². The van der Waals surface area contributed by atoms with Gasteiger partial charge in [-0.25, -0.2) is 0 Å². The van der Waals surface area contributed by atoms with Crippen LogP contribution in [0.4, 0.5) is 0 Å². The van der Waals surface area contributed by atoms with Gasteiger partial charge in [0.25, 0.3) is 5.91 Å². The summed E-state index contributed by atoms with van der Waals surface area (Å²) in [5, 5.41) is 3.74. The number of amides is 1. The zero-order chi connectivity index (χ0) is 13.4. The highest BCUT2D eigenvalue weighted by molar-refractivity contribution is 9.10.